The fourth-order valence-electron chi connectivity index (χ4n) is 2.83. The normalized spacial score (nSPS) is 13.1. The maximum absolute atomic E-state index is 11.5. The summed E-state index contributed by atoms with van der Waals surface area (Å²) in [5.74, 6) is -0.415. The number of esters is 1. The molecule has 0 aromatic carbocycles. The molecule has 3 N–H and O–H groups in total. The predicted molar refractivity (Wildman–Crippen MR) is 114 cm³/mol. The highest BCUT2D eigenvalue weighted by Crippen LogP contribution is 2.35. The molecule has 0 spiro atoms. The van der Waals surface area contributed by atoms with Crippen LogP contribution in [-0.4, -0.2) is 40.2 Å². The summed E-state index contributed by atoms with van der Waals surface area (Å²) in [6.07, 6.45) is 19.0. The lowest BCUT2D eigenvalue weighted by Crippen LogP contribution is -2.23. The lowest BCUT2D eigenvalue weighted by molar-refractivity contribution is -0.147. The van der Waals surface area contributed by atoms with Crippen molar-refractivity contribution in [3.63, 3.8) is 0 Å². The van der Waals surface area contributed by atoms with E-state index in [0.29, 0.717) is 0 Å². The number of unbranched alkanes of at least 4 members (excludes halogenated alkanes) is 11. The van der Waals surface area contributed by atoms with Crippen LogP contribution in [0.15, 0.2) is 12.2 Å². The minimum atomic E-state index is -4.62. The van der Waals surface area contributed by atoms with Crippen LogP contribution < -0.4 is 0 Å². The highest BCUT2D eigenvalue weighted by Gasteiger charge is 2.17. The van der Waals surface area contributed by atoms with Gasteiger partial charge in [0.25, 0.3) is 0 Å². The molecule has 0 saturated heterocycles. The Morgan fingerprint density at radius 2 is 1.38 bits per heavy atom. The molecule has 0 rings (SSSR count). The fourth-order valence-corrected chi connectivity index (χ4v) is 3.20. The van der Waals surface area contributed by atoms with E-state index in [4.69, 9.17) is 14.5 Å². The third kappa shape index (κ3) is 23.4. The number of aliphatic hydroxyl groups excluding tert-OH is 1. The molecule has 0 aromatic heterocycles. The van der Waals surface area contributed by atoms with E-state index < -0.39 is 26.5 Å². The molecular formula is C21H41O7P. The van der Waals surface area contributed by atoms with Crippen molar-refractivity contribution in [1.29, 1.82) is 0 Å². The number of carbonyl (C=O) groups is 1. The quantitative estimate of drug-likeness (QED) is 0.106. The summed E-state index contributed by atoms with van der Waals surface area (Å²) in [5, 5.41) is 9.42. The van der Waals surface area contributed by atoms with Crippen LogP contribution in [-0.2, 0) is 18.6 Å². The number of allylic oxidation sites excluding steroid dienone is 2. The maximum atomic E-state index is 11.5. The largest absolute Gasteiger partial charge is 0.469 e. The average Bonchev–Trinajstić information content (AvgIpc) is 2.67. The number of carbonyl (C=O) groups excluding carboxylic acids is 1. The summed E-state index contributed by atoms with van der Waals surface area (Å²) in [5.41, 5.74) is 0. The van der Waals surface area contributed by atoms with Crippen LogP contribution in [0, 0.1) is 0 Å². The van der Waals surface area contributed by atoms with Crippen molar-refractivity contribution in [2.45, 2.75) is 103 Å². The molecule has 0 radical (unpaired) electrons. The number of phosphoric ester groups is 1. The van der Waals surface area contributed by atoms with E-state index in [1.54, 1.807) is 0 Å². The van der Waals surface area contributed by atoms with Gasteiger partial charge in [0, 0.05) is 6.42 Å². The standard InChI is InChI=1S/C21H41O7P/c1-2-3-4-5-6-7-8-9-10-11-12-13-14-15-16-17-21(23)27-18-20(22)19-28-29(24,25)26/h7-8,20,22H,2-6,9-19H2,1H3,(H2,24,25,26). The van der Waals surface area contributed by atoms with Crippen LogP contribution in [0.3, 0.4) is 0 Å². The zero-order chi connectivity index (χ0) is 21.8. The van der Waals surface area contributed by atoms with Crippen molar-refractivity contribution in [2.75, 3.05) is 13.2 Å². The first-order chi connectivity index (χ1) is 13.8. The lowest BCUT2D eigenvalue weighted by atomic mass is 10.1. The molecule has 1 unspecified atom stereocenters. The van der Waals surface area contributed by atoms with Gasteiger partial charge in [0.2, 0.25) is 0 Å². The van der Waals surface area contributed by atoms with Crippen molar-refractivity contribution >= 4 is 13.8 Å². The number of aliphatic hydroxyl groups is 1. The second-order valence-electron chi connectivity index (χ2n) is 7.46. The van der Waals surface area contributed by atoms with Gasteiger partial charge in [-0.05, 0) is 32.1 Å². The van der Waals surface area contributed by atoms with Crippen LogP contribution in [0.1, 0.15) is 96.8 Å². The first kappa shape index (κ1) is 28.3. The molecule has 0 aromatic rings. The second kappa shape index (κ2) is 19.3. The second-order valence-corrected chi connectivity index (χ2v) is 8.70. The van der Waals surface area contributed by atoms with E-state index in [0.717, 1.165) is 19.3 Å². The fraction of sp³-hybridized carbons (Fsp3) is 0.857. The molecule has 0 aliphatic carbocycles. The summed E-state index contributed by atoms with van der Waals surface area (Å²) in [4.78, 5) is 28.6. The Morgan fingerprint density at radius 1 is 0.862 bits per heavy atom. The summed E-state index contributed by atoms with van der Waals surface area (Å²) < 4.78 is 19.5. The van der Waals surface area contributed by atoms with Crippen molar-refractivity contribution in [1.82, 2.24) is 0 Å². The highest BCUT2D eigenvalue weighted by atomic mass is 31.2. The van der Waals surface area contributed by atoms with Gasteiger partial charge in [-0.15, -0.1) is 0 Å². The molecule has 0 saturated carbocycles. The summed E-state index contributed by atoms with van der Waals surface area (Å²) >= 11 is 0. The van der Waals surface area contributed by atoms with Gasteiger partial charge in [0.1, 0.15) is 12.7 Å². The first-order valence-electron chi connectivity index (χ1n) is 11.0. The highest BCUT2D eigenvalue weighted by molar-refractivity contribution is 7.46. The summed E-state index contributed by atoms with van der Waals surface area (Å²) in [6, 6.07) is 0. The van der Waals surface area contributed by atoms with Gasteiger partial charge in [-0.2, -0.15) is 0 Å². The van der Waals surface area contributed by atoms with Crippen molar-refractivity contribution in [3.05, 3.63) is 12.2 Å². The van der Waals surface area contributed by atoms with Gasteiger partial charge in [-0.1, -0.05) is 70.4 Å². The van der Waals surface area contributed by atoms with E-state index in [9.17, 15) is 14.5 Å². The Hall–Kier alpha value is -0.720. The third-order valence-electron chi connectivity index (χ3n) is 4.51. The SMILES string of the molecule is CCCCCCC=CCCCCCCCCCC(=O)OCC(O)COP(=O)(O)O. The molecule has 7 nitrogen and oxygen atoms in total. The number of hydrogen-bond acceptors (Lipinski definition) is 5. The zero-order valence-corrected chi connectivity index (χ0v) is 18.9. The Bertz CT molecular complexity index is 462. The lowest BCUT2D eigenvalue weighted by Gasteiger charge is -2.12. The molecule has 0 fully saturated rings. The molecule has 29 heavy (non-hydrogen) atoms. The predicted octanol–water partition coefficient (Wildman–Crippen LogP) is 5.04. The van der Waals surface area contributed by atoms with Gasteiger partial charge >= 0.3 is 13.8 Å². The molecule has 0 amide bonds. The van der Waals surface area contributed by atoms with Crippen LogP contribution in [0.5, 0.6) is 0 Å². The molecule has 0 aliphatic rings. The van der Waals surface area contributed by atoms with Gasteiger partial charge in [0.15, 0.2) is 0 Å². The van der Waals surface area contributed by atoms with Crippen LogP contribution in [0.25, 0.3) is 0 Å². The smallest absolute Gasteiger partial charge is 0.463 e. The number of hydrogen-bond donors (Lipinski definition) is 3. The third-order valence-corrected chi connectivity index (χ3v) is 5.00. The molecular weight excluding hydrogens is 395 g/mol. The van der Waals surface area contributed by atoms with Crippen molar-refractivity contribution in [3.8, 4) is 0 Å². The number of ether oxygens (including phenoxy) is 1. The Balaban J connectivity index is 3.36. The molecule has 8 heteroatoms. The molecule has 0 aliphatic heterocycles. The zero-order valence-electron chi connectivity index (χ0n) is 18.0. The van der Waals surface area contributed by atoms with Gasteiger partial charge in [-0.25, -0.2) is 4.57 Å². The Labute approximate surface area is 176 Å². The van der Waals surface area contributed by atoms with E-state index in [2.05, 4.69) is 23.6 Å². The van der Waals surface area contributed by atoms with E-state index in [-0.39, 0.29) is 13.0 Å². The van der Waals surface area contributed by atoms with E-state index in [1.165, 1.54) is 64.2 Å². The molecule has 172 valence electrons. The van der Waals surface area contributed by atoms with E-state index in [1.807, 2.05) is 0 Å². The Kier molecular flexibility index (Phi) is 18.8. The minimum Gasteiger partial charge on any atom is -0.463 e. The monoisotopic (exact) mass is 436 g/mol. The van der Waals surface area contributed by atoms with Gasteiger partial charge in [0.05, 0.1) is 6.61 Å². The molecule has 0 bridgehead atoms. The first-order valence-corrected chi connectivity index (χ1v) is 12.6. The van der Waals surface area contributed by atoms with Crippen LogP contribution in [0.2, 0.25) is 0 Å². The molecule has 1 atom stereocenters. The Morgan fingerprint density at radius 3 is 1.93 bits per heavy atom. The van der Waals surface area contributed by atoms with Gasteiger partial charge < -0.3 is 19.6 Å². The average molecular weight is 437 g/mol. The van der Waals surface area contributed by atoms with Crippen molar-refractivity contribution in [2.24, 2.45) is 0 Å². The number of rotatable bonds is 20. The maximum Gasteiger partial charge on any atom is 0.469 e. The molecule has 0 heterocycles. The van der Waals surface area contributed by atoms with Crippen molar-refractivity contribution < 1.29 is 33.5 Å². The topological polar surface area (TPSA) is 113 Å². The van der Waals surface area contributed by atoms with Crippen LogP contribution in [0.4, 0.5) is 0 Å². The summed E-state index contributed by atoms with van der Waals surface area (Å²) in [6.45, 7) is 1.33. The van der Waals surface area contributed by atoms with Crippen LogP contribution >= 0.6 is 7.82 Å². The van der Waals surface area contributed by atoms with Gasteiger partial charge in [-0.3, -0.25) is 9.32 Å². The van der Waals surface area contributed by atoms with E-state index >= 15 is 0 Å². The summed E-state index contributed by atoms with van der Waals surface area (Å²) in [7, 11) is -4.62. The minimum absolute atomic E-state index is 0.287. The number of phosphoric acid groups is 1.